The molecule has 3 aromatic carbocycles. The van der Waals surface area contributed by atoms with E-state index < -0.39 is 6.04 Å². The lowest BCUT2D eigenvalue weighted by atomic mass is 10.1. The molecule has 4 aromatic rings. The number of benzene rings is 3. The topological polar surface area (TPSA) is 80.0 Å². The molecule has 0 aliphatic carbocycles. The van der Waals surface area contributed by atoms with Crippen LogP contribution in [0.25, 0.3) is 0 Å². The quantitative estimate of drug-likeness (QED) is 0.374. The van der Waals surface area contributed by atoms with Crippen LogP contribution in [0.2, 0.25) is 0 Å². The zero-order chi connectivity index (χ0) is 21.5. The van der Waals surface area contributed by atoms with Gasteiger partial charge < -0.3 is 15.1 Å². The Hall–Kier alpha value is -3.58. The lowest BCUT2D eigenvalue weighted by molar-refractivity contribution is 0.247. The second kappa shape index (κ2) is 9.95. The van der Waals surface area contributed by atoms with Gasteiger partial charge in [0.1, 0.15) is 6.04 Å². The Bertz CT molecular complexity index is 1120. The summed E-state index contributed by atoms with van der Waals surface area (Å²) in [6.07, 6.45) is 0. The third-order valence-corrected chi connectivity index (χ3v) is 5.48. The fourth-order valence-corrected chi connectivity index (χ4v) is 3.71. The normalized spacial score (nSPS) is 11.6. The van der Waals surface area contributed by atoms with Crippen LogP contribution in [0.4, 0.5) is 10.5 Å². The zero-order valence-electron chi connectivity index (χ0n) is 17.0. The van der Waals surface area contributed by atoms with Gasteiger partial charge in [-0.3, -0.25) is 0 Å². The van der Waals surface area contributed by atoms with Crippen molar-refractivity contribution >= 4 is 23.5 Å². The summed E-state index contributed by atoms with van der Waals surface area (Å²) < 4.78 is 5.89. The van der Waals surface area contributed by atoms with Gasteiger partial charge in [-0.15, -0.1) is 10.2 Å². The molecule has 0 radical (unpaired) electrons. The van der Waals surface area contributed by atoms with Crippen molar-refractivity contribution in [1.29, 1.82) is 0 Å². The lowest BCUT2D eigenvalue weighted by Gasteiger charge is -2.16. The summed E-state index contributed by atoms with van der Waals surface area (Å²) in [5.74, 6) is 1.06. The van der Waals surface area contributed by atoms with Crippen LogP contribution in [0.15, 0.2) is 94.6 Å². The first kappa shape index (κ1) is 20.7. The molecule has 156 valence electrons. The van der Waals surface area contributed by atoms with Gasteiger partial charge >= 0.3 is 6.03 Å². The standard InChI is InChI=1S/C24H22N4O2S/c1-17-12-14-20(15-13-17)25-23(29)26-21(19-10-6-3-7-11-19)22-27-28-24(30-22)31-16-18-8-4-2-5-9-18/h2-15,21H,16H2,1H3,(H2,25,26,29)/t21-/m0/s1. The van der Waals surface area contributed by atoms with E-state index in [2.05, 4.69) is 20.8 Å². The molecule has 0 aliphatic heterocycles. The maximum atomic E-state index is 12.7. The highest BCUT2D eigenvalue weighted by molar-refractivity contribution is 7.98. The predicted molar refractivity (Wildman–Crippen MR) is 122 cm³/mol. The molecule has 6 nitrogen and oxygen atoms in total. The lowest BCUT2D eigenvalue weighted by Crippen LogP contribution is -2.33. The van der Waals surface area contributed by atoms with Crippen molar-refractivity contribution < 1.29 is 9.21 Å². The van der Waals surface area contributed by atoms with E-state index in [0.717, 1.165) is 16.9 Å². The van der Waals surface area contributed by atoms with Crippen LogP contribution < -0.4 is 10.6 Å². The summed E-state index contributed by atoms with van der Waals surface area (Å²) in [6.45, 7) is 2.00. The van der Waals surface area contributed by atoms with Crippen molar-refractivity contribution in [3.05, 3.63) is 108 Å². The molecule has 0 bridgehead atoms. The summed E-state index contributed by atoms with van der Waals surface area (Å²) in [5, 5.41) is 14.6. The number of nitrogens with zero attached hydrogens (tertiary/aromatic N) is 2. The minimum atomic E-state index is -0.565. The van der Waals surface area contributed by atoms with Crippen molar-refractivity contribution in [3.63, 3.8) is 0 Å². The van der Waals surface area contributed by atoms with E-state index in [4.69, 9.17) is 4.42 Å². The minimum Gasteiger partial charge on any atom is -0.413 e. The fraction of sp³-hybridized carbons (Fsp3) is 0.125. The Morgan fingerprint density at radius 1 is 0.935 bits per heavy atom. The van der Waals surface area contributed by atoms with Crippen LogP contribution in [0.3, 0.4) is 0 Å². The molecule has 2 amide bonds. The van der Waals surface area contributed by atoms with Crippen molar-refractivity contribution in [1.82, 2.24) is 15.5 Å². The van der Waals surface area contributed by atoms with Crippen molar-refractivity contribution in [2.75, 3.05) is 5.32 Å². The molecule has 0 aliphatic rings. The second-order valence-corrected chi connectivity index (χ2v) is 7.92. The smallest absolute Gasteiger partial charge is 0.320 e. The maximum absolute atomic E-state index is 12.7. The van der Waals surface area contributed by atoms with E-state index in [9.17, 15) is 4.79 Å². The number of carbonyl (C=O) groups excluding carboxylic acids is 1. The molecular weight excluding hydrogens is 408 g/mol. The highest BCUT2D eigenvalue weighted by Gasteiger charge is 2.23. The molecule has 0 fully saturated rings. The van der Waals surface area contributed by atoms with E-state index in [-0.39, 0.29) is 6.03 Å². The van der Waals surface area contributed by atoms with Crippen LogP contribution in [-0.4, -0.2) is 16.2 Å². The number of nitrogens with one attached hydrogen (secondary N) is 2. The summed E-state index contributed by atoms with van der Waals surface area (Å²) in [7, 11) is 0. The number of aryl methyl sites for hydroxylation is 1. The van der Waals surface area contributed by atoms with Crippen LogP contribution in [0, 0.1) is 6.92 Å². The number of urea groups is 1. The molecule has 4 rings (SSSR count). The Morgan fingerprint density at radius 2 is 1.61 bits per heavy atom. The molecule has 0 saturated heterocycles. The highest BCUT2D eigenvalue weighted by atomic mass is 32.2. The van der Waals surface area contributed by atoms with Gasteiger partial charge in [-0.2, -0.15) is 0 Å². The highest BCUT2D eigenvalue weighted by Crippen LogP contribution is 2.26. The Balaban J connectivity index is 1.48. The summed E-state index contributed by atoms with van der Waals surface area (Å²) in [5.41, 5.74) is 3.85. The third-order valence-electron chi connectivity index (χ3n) is 4.59. The SMILES string of the molecule is Cc1ccc(NC(=O)N[C@@H](c2ccccc2)c2nnc(SCc3ccccc3)o2)cc1. The number of hydrogen-bond acceptors (Lipinski definition) is 5. The van der Waals surface area contributed by atoms with Gasteiger partial charge in [0.15, 0.2) is 0 Å². The monoisotopic (exact) mass is 430 g/mol. The second-order valence-electron chi connectivity index (χ2n) is 6.99. The predicted octanol–water partition coefficient (Wildman–Crippen LogP) is 5.58. The first-order chi connectivity index (χ1) is 15.2. The van der Waals surface area contributed by atoms with E-state index in [1.807, 2.05) is 91.9 Å². The molecule has 0 unspecified atom stereocenters. The molecule has 31 heavy (non-hydrogen) atoms. The molecule has 7 heteroatoms. The number of carbonyl (C=O) groups is 1. The van der Waals surface area contributed by atoms with Gasteiger partial charge in [0, 0.05) is 11.4 Å². The number of anilines is 1. The fourth-order valence-electron chi connectivity index (χ4n) is 2.98. The van der Waals surface area contributed by atoms with Gasteiger partial charge in [-0.25, -0.2) is 4.79 Å². The summed E-state index contributed by atoms with van der Waals surface area (Å²) >= 11 is 1.46. The molecule has 1 aromatic heterocycles. The number of rotatable bonds is 7. The maximum Gasteiger partial charge on any atom is 0.320 e. The van der Waals surface area contributed by atoms with Gasteiger partial charge in [0.25, 0.3) is 5.22 Å². The third kappa shape index (κ3) is 5.73. The molecule has 2 N–H and O–H groups in total. The molecule has 0 saturated carbocycles. The summed E-state index contributed by atoms with van der Waals surface area (Å²) in [6, 6.07) is 26.3. The average Bonchev–Trinajstić information content (AvgIpc) is 3.28. The first-order valence-corrected chi connectivity index (χ1v) is 10.9. The van der Waals surface area contributed by atoms with Crippen LogP contribution in [0.1, 0.15) is 28.6 Å². The molecule has 1 heterocycles. The number of amides is 2. The van der Waals surface area contributed by atoms with E-state index in [1.54, 1.807) is 0 Å². The van der Waals surface area contributed by atoms with Crippen LogP contribution >= 0.6 is 11.8 Å². The minimum absolute atomic E-state index is 0.334. The number of aromatic nitrogens is 2. The number of thioether (sulfide) groups is 1. The molecule has 0 spiro atoms. The van der Waals surface area contributed by atoms with Crippen LogP contribution in [0.5, 0.6) is 0 Å². The van der Waals surface area contributed by atoms with Crippen molar-refractivity contribution in [3.8, 4) is 0 Å². The summed E-state index contributed by atoms with van der Waals surface area (Å²) in [4.78, 5) is 12.7. The van der Waals surface area contributed by atoms with E-state index >= 15 is 0 Å². The van der Waals surface area contributed by atoms with Gasteiger partial charge in [-0.1, -0.05) is 90.1 Å². The van der Waals surface area contributed by atoms with Gasteiger partial charge in [0.05, 0.1) is 0 Å². The van der Waals surface area contributed by atoms with E-state index in [1.165, 1.54) is 17.3 Å². The number of hydrogen-bond donors (Lipinski definition) is 2. The largest absolute Gasteiger partial charge is 0.413 e. The van der Waals surface area contributed by atoms with Crippen LogP contribution in [-0.2, 0) is 5.75 Å². The average molecular weight is 431 g/mol. The van der Waals surface area contributed by atoms with E-state index in [0.29, 0.717) is 16.8 Å². The van der Waals surface area contributed by atoms with Gasteiger partial charge in [-0.05, 0) is 30.2 Å². The Morgan fingerprint density at radius 3 is 2.32 bits per heavy atom. The van der Waals surface area contributed by atoms with Crippen molar-refractivity contribution in [2.24, 2.45) is 0 Å². The molecule has 1 atom stereocenters. The zero-order valence-corrected chi connectivity index (χ0v) is 17.8. The Labute approximate surface area is 185 Å². The van der Waals surface area contributed by atoms with Crippen molar-refractivity contribution in [2.45, 2.75) is 23.9 Å². The first-order valence-electron chi connectivity index (χ1n) is 9.86. The molecular formula is C24H22N4O2S. The van der Waals surface area contributed by atoms with Gasteiger partial charge in [0.2, 0.25) is 5.89 Å². The Kier molecular flexibility index (Phi) is 6.64.